The normalized spacial score (nSPS) is 11.1. The van der Waals surface area contributed by atoms with E-state index in [1.54, 1.807) is 37.4 Å². The lowest BCUT2D eigenvalue weighted by atomic mass is 10.0. The van der Waals surface area contributed by atoms with Crippen molar-refractivity contribution in [2.24, 2.45) is 0 Å². The van der Waals surface area contributed by atoms with Crippen LogP contribution in [0.2, 0.25) is 0 Å². The number of rotatable bonds is 3. The summed E-state index contributed by atoms with van der Waals surface area (Å²) >= 11 is 0. The van der Waals surface area contributed by atoms with Crippen molar-refractivity contribution in [2.45, 2.75) is 13.5 Å². The Morgan fingerprint density at radius 3 is 2.61 bits per heavy atom. The topological polar surface area (TPSA) is 94.8 Å². The van der Waals surface area contributed by atoms with Gasteiger partial charge in [0, 0.05) is 29.6 Å². The number of carbonyl (C=O) groups excluding carboxylic acids is 1. The van der Waals surface area contributed by atoms with Crippen molar-refractivity contribution in [3.63, 3.8) is 0 Å². The molecule has 2 aromatic heterocycles. The van der Waals surface area contributed by atoms with Gasteiger partial charge in [-0.25, -0.2) is 4.39 Å². The van der Waals surface area contributed by atoms with Gasteiger partial charge >= 0.3 is 0 Å². The minimum atomic E-state index is -0.589. The van der Waals surface area contributed by atoms with E-state index in [0.717, 1.165) is 17.0 Å². The van der Waals surface area contributed by atoms with Crippen molar-refractivity contribution in [3.8, 4) is 0 Å². The maximum atomic E-state index is 14.2. The molecule has 2 heterocycles. The first kappa shape index (κ1) is 17.7. The van der Waals surface area contributed by atoms with E-state index < -0.39 is 17.3 Å². The monoisotopic (exact) mass is 377 g/mol. The molecule has 4 aromatic rings. The first-order valence-electron chi connectivity index (χ1n) is 8.65. The lowest BCUT2D eigenvalue weighted by Gasteiger charge is -2.10. The molecule has 0 aliphatic rings. The summed E-state index contributed by atoms with van der Waals surface area (Å²) < 4.78 is 14.2. The summed E-state index contributed by atoms with van der Waals surface area (Å²) in [5.41, 5.74) is 0.678. The molecule has 7 heteroatoms. The summed E-state index contributed by atoms with van der Waals surface area (Å²) in [5, 5.41) is 4.33. The molecule has 0 atom stereocenters. The zero-order valence-corrected chi connectivity index (χ0v) is 14.9. The number of aryl methyl sites for hydroxylation is 1. The van der Waals surface area contributed by atoms with Gasteiger partial charge in [0.15, 0.2) is 0 Å². The standard InChI is InChI=1S/C21H16FN3O3/c1-11-6-15-16(8-18(26)25-19(15)17(22)7-11)21(28)24-10-12-9-23-20(27)14-5-3-2-4-13(12)14/h2-9H,10H2,1H3,(H,23,27)(H,24,28)(H,25,26). The second-order valence-electron chi connectivity index (χ2n) is 6.59. The second kappa shape index (κ2) is 6.77. The Labute approximate surface area is 158 Å². The molecular formula is C21H16FN3O3. The number of H-pyrrole nitrogens is 2. The molecule has 0 aliphatic carbocycles. The van der Waals surface area contributed by atoms with E-state index in [4.69, 9.17) is 0 Å². The fourth-order valence-electron chi connectivity index (χ4n) is 3.32. The average Bonchev–Trinajstić information content (AvgIpc) is 2.67. The Morgan fingerprint density at radius 1 is 1.07 bits per heavy atom. The number of pyridine rings is 2. The lowest BCUT2D eigenvalue weighted by molar-refractivity contribution is 0.0952. The highest BCUT2D eigenvalue weighted by Crippen LogP contribution is 2.21. The van der Waals surface area contributed by atoms with Gasteiger partial charge in [0.1, 0.15) is 5.82 Å². The van der Waals surface area contributed by atoms with Gasteiger partial charge in [0.05, 0.1) is 11.1 Å². The van der Waals surface area contributed by atoms with Crippen molar-refractivity contribution < 1.29 is 9.18 Å². The summed E-state index contributed by atoms with van der Waals surface area (Å²) in [6, 6.07) is 11.2. The van der Waals surface area contributed by atoms with Crippen LogP contribution >= 0.6 is 0 Å². The minimum Gasteiger partial charge on any atom is -0.348 e. The zero-order chi connectivity index (χ0) is 19.8. The summed E-state index contributed by atoms with van der Waals surface area (Å²) in [6.45, 7) is 1.85. The molecule has 1 amide bonds. The van der Waals surface area contributed by atoms with Gasteiger partial charge in [-0.2, -0.15) is 0 Å². The molecule has 2 aromatic carbocycles. The van der Waals surface area contributed by atoms with E-state index >= 15 is 0 Å². The molecule has 0 spiro atoms. The number of hydrogen-bond donors (Lipinski definition) is 3. The van der Waals surface area contributed by atoms with Crippen LogP contribution in [0.25, 0.3) is 21.7 Å². The molecule has 0 bridgehead atoms. The van der Waals surface area contributed by atoms with Crippen molar-refractivity contribution in [1.29, 1.82) is 0 Å². The van der Waals surface area contributed by atoms with Crippen LogP contribution in [0.5, 0.6) is 0 Å². The molecular weight excluding hydrogens is 361 g/mol. The first-order valence-corrected chi connectivity index (χ1v) is 8.65. The Bertz CT molecular complexity index is 1350. The lowest BCUT2D eigenvalue weighted by Crippen LogP contribution is -2.25. The molecule has 28 heavy (non-hydrogen) atoms. The SMILES string of the molecule is Cc1cc(F)c2[nH]c(=O)cc(C(=O)NCc3c[nH]c(=O)c4ccccc34)c2c1. The fourth-order valence-corrected chi connectivity index (χ4v) is 3.32. The fraction of sp³-hybridized carbons (Fsp3) is 0.0952. The van der Waals surface area contributed by atoms with Crippen LogP contribution in [0, 0.1) is 12.7 Å². The molecule has 0 fully saturated rings. The smallest absolute Gasteiger partial charge is 0.255 e. The first-order chi connectivity index (χ1) is 13.4. The average molecular weight is 377 g/mol. The number of benzene rings is 2. The van der Waals surface area contributed by atoms with Crippen LogP contribution in [0.1, 0.15) is 21.5 Å². The van der Waals surface area contributed by atoms with Crippen molar-refractivity contribution >= 4 is 27.6 Å². The molecule has 6 nitrogen and oxygen atoms in total. The van der Waals surface area contributed by atoms with Crippen molar-refractivity contribution in [2.75, 3.05) is 0 Å². The van der Waals surface area contributed by atoms with Crippen LogP contribution in [0.15, 0.2) is 58.3 Å². The van der Waals surface area contributed by atoms with E-state index in [0.29, 0.717) is 16.3 Å². The third-order valence-electron chi connectivity index (χ3n) is 4.63. The number of fused-ring (bicyclic) bond motifs is 2. The molecule has 0 aliphatic heterocycles. The molecule has 140 valence electrons. The summed E-state index contributed by atoms with van der Waals surface area (Å²) in [6.07, 6.45) is 1.55. The number of nitrogens with one attached hydrogen (secondary N) is 3. The van der Waals surface area contributed by atoms with Crippen LogP contribution in [-0.4, -0.2) is 15.9 Å². The van der Waals surface area contributed by atoms with E-state index in [9.17, 15) is 18.8 Å². The Morgan fingerprint density at radius 2 is 1.82 bits per heavy atom. The van der Waals surface area contributed by atoms with Crippen molar-refractivity contribution in [1.82, 2.24) is 15.3 Å². The summed E-state index contributed by atoms with van der Waals surface area (Å²) in [4.78, 5) is 41.6. The predicted octanol–water partition coefficient (Wildman–Crippen LogP) is 2.75. The maximum absolute atomic E-state index is 14.2. The Balaban J connectivity index is 1.72. The third kappa shape index (κ3) is 3.07. The van der Waals surface area contributed by atoms with E-state index in [1.165, 1.54) is 6.07 Å². The molecule has 0 saturated heterocycles. The predicted molar refractivity (Wildman–Crippen MR) is 105 cm³/mol. The molecule has 3 N–H and O–H groups in total. The highest BCUT2D eigenvalue weighted by atomic mass is 19.1. The van der Waals surface area contributed by atoms with E-state index in [1.807, 2.05) is 6.07 Å². The molecule has 0 radical (unpaired) electrons. The van der Waals surface area contributed by atoms with Crippen LogP contribution in [0.4, 0.5) is 4.39 Å². The maximum Gasteiger partial charge on any atom is 0.255 e. The number of aromatic amines is 2. The number of halogens is 1. The van der Waals surface area contributed by atoms with Gasteiger partial charge in [0.25, 0.3) is 11.5 Å². The quantitative estimate of drug-likeness (QED) is 0.512. The van der Waals surface area contributed by atoms with Crippen LogP contribution < -0.4 is 16.4 Å². The van der Waals surface area contributed by atoms with Crippen LogP contribution in [0.3, 0.4) is 0 Å². The molecule has 0 saturated carbocycles. The van der Waals surface area contributed by atoms with E-state index in [2.05, 4.69) is 15.3 Å². The van der Waals surface area contributed by atoms with Gasteiger partial charge in [-0.3, -0.25) is 14.4 Å². The van der Waals surface area contributed by atoms with E-state index in [-0.39, 0.29) is 23.2 Å². The van der Waals surface area contributed by atoms with Gasteiger partial charge in [-0.05, 0) is 41.6 Å². The number of amides is 1. The highest BCUT2D eigenvalue weighted by Gasteiger charge is 2.15. The van der Waals surface area contributed by atoms with Gasteiger partial charge < -0.3 is 15.3 Å². The van der Waals surface area contributed by atoms with Gasteiger partial charge in [-0.1, -0.05) is 18.2 Å². The van der Waals surface area contributed by atoms with Gasteiger partial charge in [-0.15, -0.1) is 0 Å². The second-order valence-corrected chi connectivity index (χ2v) is 6.59. The number of hydrogen-bond acceptors (Lipinski definition) is 3. The Hall–Kier alpha value is -3.74. The Kier molecular flexibility index (Phi) is 4.27. The summed E-state index contributed by atoms with van der Waals surface area (Å²) in [7, 11) is 0. The van der Waals surface area contributed by atoms with Crippen molar-refractivity contribution in [3.05, 3.63) is 91.9 Å². The minimum absolute atomic E-state index is 0.00209. The molecule has 0 unspecified atom stereocenters. The highest BCUT2D eigenvalue weighted by molar-refractivity contribution is 6.06. The largest absolute Gasteiger partial charge is 0.348 e. The zero-order valence-electron chi connectivity index (χ0n) is 14.9. The third-order valence-corrected chi connectivity index (χ3v) is 4.63. The number of aromatic nitrogens is 2. The van der Waals surface area contributed by atoms with Gasteiger partial charge in [0.2, 0.25) is 5.56 Å². The molecule has 4 rings (SSSR count). The van der Waals surface area contributed by atoms with Crippen LogP contribution in [-0.2, 0) is 6.54 Å². The summed E-state index contributed by atoms with van der Waals surface area (Å²) in [5.74, 6) is -1.09. The number of carbonyl (C=O) groups is 1.